The van der Waals surface area contributed by atoms with Crippen molar-refractivity contribution in [2.75, 3.05) is 11.5 Å². The smallest absolute Gasteiger partial charge is 0.352 e. The van der Waals surface area contributed by atoms with E-state index >= 15 is 0 Å². The molecule has 0 saturated carbocycles. The summed E-state index contributed by atoms with van der Waals surface area (Å²) in [7, 11) is 0. The highest BCUT2D eigenvalue weighted by atomic mass is 32.2. The van der Waals surface area contributed by atoms with Gasteiger partial charge < -0.3 is 21.4 Å². The number of carbonyl (C=O) groups excluding carboxylic acids is 2. The van der Waals surface area contributed by atoms with Crippen molar-refractivity contribution in [1.82, 2.24) is 34.8 Å². The van der Waals surface area contributed by atoms with Gasteiger partial charge in [0.05, 0.1) is 0 Å². The molecule has 17 heteroatoms. The van der Waals surface area contributed by atoms with Crippen LogP contribution < -0.4 is 11.1 Å². The molecule has 5 N–H and O–H groups in total. The van der Waals surface area contributed by atoms with Crippen molar-refractivity contribution < 1.29 is 24.7 Å². The molecule has 1 fully saturated rings. The maximum atomic E-state index is 12.8. The molecule has 0 aromatic carbocycles. The van der Waals surface area contributed by atoms with Crippen molar-refractivity contribution in [2.24, 2.45) is 5.16 Å². The normalized spacial score (nSPS) is 20.1. The number of carbonyl (C=O) groups is 3. The molecule has 0 aliphatic carbocycles. The number of nitrogens with one attached hydrogen (secondary N) is 1. The number of carboxylic acids is 1. The summed E-state index contributed by atoms with van der Waals surface area (Å²) in [5, 5.41) is 31.8. The van der Waals surface area contributed by atoms with E-state index in [2.05, 4.69) is 30.5 Å². The molecule has 3 aromatic rings. The first kappa shape index (κ1) is 23.8. The minimum Gasteiger partial charge on any atom is -0.477 e. The molecule has 2 aliphatic rings. The van der Waals surface area contributed by atoms with Crippen LogP contribution in [0.3, 0.4) is 0 Å². The number of fused-ring (bicyclic) bond motifs is 2. The molecule has 1 saturated heterocycles. The van der Waals surface area contributed by atoms with Gasteiger partial charge in [0, 0.05) is 17.3 Å². The Balaban J connectivity index is 1.30. The Morgan fingerprint density at radius 1 is 1.36 bits per heavy atom. The van der Waals surface area contributed by atoms with E-state index in [4.69, 9.17) is 5.73 Å². The molecule has 184 valence electrons. The third-order valence-electron chi connectivity index (χ3n) is 5.15. The lowest BCUT2D eigenvalue weighted by Crippen LogP contribution is -2.71. The van der Waals surface area contributed by atoms with Crippen LogP contribution in [0.4, 0.5) is 5.13 Å². The number of thiazole rings is 1. The first-order valence-corrected chi connectivity index (χ1v) is 12.8. The van der Waals surface area contributed by atoms with Gasteiger partial charge in [-0.3, -0.25) is 14.5 Å². The molecule has 0 bridgehead atoms. The van der Waals surface area contributed by atoms with Gasteiger partial charge in [0.15, 0.2) is 10.8 Å². The van der Waals surface area contributed by atoms with Crippen LogP contribution in [0.15, 0.2) is 56.9 Å². The molecule has 3 aromatic heterocycles. The maximum absolute atomic E-state index is 12.8. The zero-order valence-electron chi connectivity index (χ0n) is 17.9. The van der Waals surface area contributed by atoms with Crippen LogP contribution in [0.1, 0.15) is 5.69 Å². The fourth-order valence-electron chi connectivity index (χ4n) is 3.54. The van der Waals surface area contributed by atoms with Crippen molar-refractivity contribution >= 4 is 69.3 Å². The monoisotopic (exact) mass is 545 g/mol. The number of anilines is 1. The average molecular weight is 546 g/mol. The van der Waals surface area contributed by atoms with Gasteiger partial charge in [-0.05, 0) is 23.1 Å². The largest absolute Gasteiger partial charge is 0.477 e. The number of rotatable bonds is 7. The number of nitrogen functional groups attached to an aromatic ring is 1. The van der Waals surface area contributed by atoms with E-state index in [0.29, 0.717) is 22.1 Å². The predicted molar refractivity (Wildman–Crippen MR) is 130 cm³/mol. The van der Waals surface area contributed by atoms with Gasteiger partial charge in [0.1, 0.15) is 34.2 Å². The van der Waals surface area contributed by atoms with Gasteiger partial charge in [0.25, 0.3) is 17.6 Å². The number of hydrogen-bond donors (Lipinski definition) is 4. The quantitative estimate of drug-likeness (QED) is 0.0795. The minimum absolute atomic E-state index is 0.0612. The van der Waals surface area contributed by atoms with Crippen LogP contribution in [0.25, 0.3) is 5.78 Å². The van der Waals surface area contributed by atoms with Gasteiger partial charge in [0.2, 0.25) is 0 Å². The number of aliphatic carboxylic acids is 1. The zero-order valence-corrected chi connectivity index (χ0v) is 20.3. The molecule has 0 spiro atoms. The van der Waals surface area contributed by atoms with Crippen LogP contribution in [-0.2, 0) is 14.4 Å². The Morgan fingerprint density at radius 2 is 2.19 bits per heavy atom. The first-order valence-electron chi connectivity index (χ1n) is 10.0. The number of nitrogens with two attached hydrogens (primary N) is 1. The molecule has 0 radical (unpaired) electrons. The number of oxime groups is 1. The molecule has 14 nitrogen and oxygen atoms in total. The lowest BCUT2D eigenvalue weighted by atomic mass is 10.0. The number of β-lactam (4-membered cyclic amide) rings is 1. The van der Waals surface area contributed by atoms with Gasteiger partial charge in [-0.15, -0.1) is 23.1 Å². The maximum Gasteiger partial charge on any atom is 0.352 e. The molecular weight excluding hydrogens is 530 g/mol. The third kappa shape index (κ3) is 4.27. The highest BCUT2D eigenvalue weighted by Crippen LogP contribution is 2.41. The summed E-state index contributed by atoms with van der Waals surface area (Å²) in [5.41, 5.74) is 5.50. The number of carboxylic acid groups (broad SMARTS) is 1. The summed E-state index contributed by atoms with van der Waals surface area (Å²) in [4.78, 5) is 50.9. The van der Waals surface area contributed by atoms with E-state index in [9.17, 15) is 24.7 Å². The van der Waals surface area contributed by atoms with E-state index in [-0.39, 0.29) is 16.5 Å². The van der Waals surface area contributed by atoms with Crippen molar-refractivity contribution in [3.63, 3.8) is 0 Å². The molecule has 2 atom stereocenters. The number of aromatic nitrogens is 5. The molecular formula is C19H15N9O5S3. The van der Waals surface area contributed by atoms with Gasteiger partial charge in [-0.1, -0.05) is 16.9 Å². The molecule has 0 unspecified atom stereocenters. The van der Waals surface area contributed by atoms with Crippen LogP contribution >= 0.6 is 34.9 Å². The summed E-state index contributed by atoms with van der Waals surface area (Å²) in [5.74, 6) is -1.96. The minimum atomic E-state index is -1.26. The van der Waals surface area contributed by atoms with E-state index in [1.54, 1.807) is 23.7 Å². The molecule has 2 amide bonds. The zero-order chi connectivity index (χ0) is 25.4. The number of allylic oxidation sites excluding steroid dienone is 1. The number of hydrogen-bond acceptors (Lipinski definition) is 13. The molecule has 2 aliphatic heterocycles. The summed E-state index contributed by atoms with van der Waals surface area (Å²) >= 11 is 3.62. The summed E-state index contributed by atoms with van der Waals surface area (Å²) in [6, 6.07) is 0.744. The van der Waals surface area contributed by atoms with Gasteiger partial charge in [-0.25, -0.2) is 19.3 Å². The SMILES string of the molecule is Nc1nc(C(=NO)C(=O)N[C@@H]2C(=O)N3C(C(=O)O)=C(/C=C/Sc4ccn5ncnc5n4)CS[C@H]23)cs1. The standard InChI is InChI=1S/C19H15N9O5S3/c20-18-23-9(6-36-18)11(26-33)14(29)25-12-15(30)28-13(17(31)32)8(5-35-16(12)28)2-4-34-10-1-3-27-19(24-10)21-7-22-27/h1-4,6-7,12,16,33H,5H2,(H2,20,23)(H,25,29)(H,31,32)/b4-2+,26-11?/t12-,16-/m1/s1. The number of amides is 2. The average Bonchev–Trinajstić information content (AvgIpc) is 3.51. The molecule has 5 heterocycles. The Morgan fingerprint density at radius 3 is 2.92 bits per heavy atom. The third-order valence-corrected chi connectivity index (χ3v) is 7.86. The van der Waals surface area contributed by atoms with E-state index in [1.807, 2.05) is 0 Å². The van der Waals surface area contributed by atoms with Crippen molar-refractivity contribution in [3.05, 3.63) is 52.4 Å². The van der Waals surface area contributed by atoms with Crippen LogP contribution in [0.5, 0.6) is 0 Å². The van der Waals surface area contributed by atoms with E-state index < -0.39 is 34.9 Å². The van der Waals surface area contributed by atoms with Gasteiger partial charge in [-0.2, -0.15) is 10.1 Å². The van der Waals surface area contributed by atoms with Crippen LogP contribution in [-0.4, -0.2) is 80.4 Å². The molecule has 36 heavy (non-hydrogen) atoms. The van der Waals surface area contributed by atoms with E-state index in [1.165, 1.54) is 39.7 Å². The van der Waals surface area contributed by atoms with Crippen LogP contribution in [0.2, 0.25) is 0 Å². The highest BCUT2D eigenvalue weighted by molar-refractivity contribution is 8.02. The lowest BCUT2D eigenvalue weighted by Gasteiger charge is -2.49. The summed E-state index contributed by atoms with van der Waals surface area (Å²) in [6.45, 7) is 0. The van der Waals surface area contributed by atoms with Crippen molar-refractivity contribution in [2.45, 2.75) is 16.4 Å². The predicted octanol–water partition coefficient (Wildman–Crippen LogP) is 0.386. The fraction of sp³-hybridized carbons (Fsp3) is 0.158. The second-order valence-corrected chi connectivity index (χ2v) is 10.2. The fourth-order valence-corrected chi connectivity index (χ4v) is 6.05. The molecule has 5 rings (SSSR count). The number of nitrogens with zero attached hydrogens (tertiary/aromatic N) is 7. The van der Waals surface area contributed by atoms with Crippen LogP contribution in [0, 0.1) is 0 Å². The Labute approximate surface area is 214 Å². The summed E-state index contributed by atoms with van der Waals surface area (Å²) in [6.07, 6.45) is 4.71. The van der Waals surface area contributed by atoms with E-state index in [0.717, 1.165) is 16.2 Å². The Kier molecular flexibility index (Phi) is 6.33. The number of thioether (sulfide) groups is 2. The highest BCUT2D eigenvalue weighted by Gasteiger charge is 2.54. The second-order valence-electron chi connectivity index (χ2n) is 7.25. The van der Waals surface area contributed by atoms with Crippen molar-refractivity contribution in [1.29, 1.82) is 0 Å². The second kappa shape index (κ2) is 9.59. The van der Waals surface area contributed by atoms with Crippen molar-refractivity contribution in [3.8, 4) is 0 Å². The lowest BCUT2D eigenvalue weighted by molar-refractivity contribution is -0.150. The Bertz CT molecular complexity index is 1480. The summed E-state index contributed by atoms with van der Waals surface area (Å²) < 4.78 is 1.52. The van der Waals surface area contributed by atoms with Gasteiger partial charge >= 0.3 is 5.97 Å². The Hall–Kier alpha value is -3.96. The topological polar surface area (TPSA) is 201 Å². The first-order chi connectivity index (χ1) is 17.4.